The second kappa shape index (κ2) is 4.62. The summed E-state index contributed by atoms with van der Waals surface area (Å²) >= 11 is 0. The van der Waals surface area contributed by atoms with Crippen LogP contribution in [0.1, 0.15) is 17.9 Å². The van der Waals surface area contributed by atoms with E-state index in [4.69, 9.17) is 4.74 Å². The first-order valence-electron chi connectivity index (χ1n) is 6.55. The summed E-state index contributed by atoms with van der Waals surface area (Å²) in [5.74, 6) is 2.45. The highest BCUT2D eigenvalue weighted by atomic mass is 16.5. The number of fused-ring (bicyclic) bond motifs is 1. The number of hydrogen-bond acceptors (Lipinski definition) is 2. The molecule has 2 heteroatoms. The Bertz CT molecular complexity index is 564. The van der Waals surface area contributed by atoms with Gasteiger partial charge >= 0.3 is 0 Å². The molecule has 1 saturated carbocycles. The van der Waals surface area contributed by atoms with E-state index in [1.165, 1.54) is 22.8 Å². The van der Waals surface area contributed by atoms with E-state index < -0.39 is 0 Å². The Labute approximate surface area is 108 Å². The standard InChI is InChI=1S/C16H19NO/c1-17-10-12-9-14(12)16-13-6-4-3-5-11(13)7-8-15(16)18-2/h3-8,12,14,17H,9-10H2,1-2H3/t12-,14+/m0/s1. The summed E-state index contributed by atoms with van der Waals surface area (Å²) < 4.78 is 5.56. The number of ether oxygens (including phenoxy) is 1. The molecule has 0 aromatic heterocycles. The molecule has 0 spiro atoms. The van der Waals surface area contributed by atoms with Crippen molar-refractivity contribution in [1.82, 2.24) is 5.32 Å². The molecule has 0 saturated heterocycles. The Balaban J connectivity index is 2.08. The van der Waals surface area contributed by atoms with Crippen LogP contribution in [-0.4, -0.2) is 20.7 Å². The van der Waals surface area contributed by atoms with Gasteiger partial charge < -0.3 is 10.1 Å². The van der Waals surface area contributed by atoms with E-state index in [2.05, 4.69) is 41.7 Å². The molecule has 2 aromatic rings. The molecular weight excluding hydrogens is 222 g/mol. The van der Waals surface area contributed by atoms with Crippen molar-refractivity contribution in [3.63, 3.8) is 0 Å². The highest BCUT2D eigenvalue weighted by Crippen LogP contribution is 2.52. The largest absolute Gasteiger partial charge is 0.496 e. The van der Waals surface area contributed by atoms with Crippen molar-refractivity contribution in [2.75, 3.05) is 20.7 Å². The van der Waals surface area contributed by atoms with Gasteiger partial charge in [0.25, 0.3) is 0 Å². The van der Waals surface area contributed by atoms with Crippen LogP contribution in [0, 0.1) is 5.92 Å². The summed E-state index contributed by atoms with van der Waals surface area (Å²) in [6, 6.07) is 12.8. The summed E-state index contributed by atoms with van der Waals surface area (Å²) in [5.41, 5.74) is 1.40. The Hall–Kier alpha value is -1.54. The van der Waals surface area contributed by atoms with Crippen LogP contribution in [0.25, 0.3) is 10.8 Å². The molecule has 2 nitrogen and oxygen atoms in total. The Kier molecular flexibility index (Phi) is 2.96. The lowest BCUT2D eigenvalue weighted by atomic mass is 9.99. The third kappa shape index (κ3) is 1.87. The molecule has 0 radical (unpaired) electrons. The predicted molar refractivity (Wildman–Crippen MR) is 75.3 cm³/mol. The van der Waals surface area contributed by atoms with Crippen molar-refractivity contribution in [2.24, 2.45) is 5.92 Å². The summed E-state index contributed by atoms with van der Waals surface area (Å²) in [6.07, 6.45) is 1.27. The van der Waals surface area contributed by atoms with E-state index in [1.807, 2.05) is 7.05 Å². The van der Waals surface area contributed by atoms with Crippen molar-refractivity contribution in [3.8, 4) is 5.75 Å². The van der Waals surface area contributed by atoms with Gasteiger partial charge in [-0.1, -0.05) is 30.3 Å². The number of methoxy groups -OCH3 is 1. The molecule has 1 N–H and O–H groups in total. The van der Waals surface area contributed by atoms with Gasteiger partial charge in [0.2, 0.25) is 0 Å². The Morgan fingerprint density at radius 1 is 1.22 bits per heavy atom. The first-order valence-corrected chi connectivity index (χ1v) is 6.55. The van der Waals surface area contributed by atoms with Gasteiger partial charge in [0, 0.05) is 5.56 Å². The summed E-state index contributed by atoms with van der Waals surface area (Å²) in [5, 5.41) is 5.93. The molecule has 94 valence electrons. The van der Waals surface area contributed by atoms with Gasteiger partial charge in [-0.05, 0) is 48.7 Å². The topological polar surface area (TPSA) is 21.3 Å². The van der Waals surface area contributed by atoms with Gasteiger partial charge in [-0.25, -0.2) is 0 Å². The van der Waals surface area contributed by atoms with Crippen molar-refractivity contribution < 1.29 is 4.74 Å². The molecule has 0 bridgehead atoms. The second-order valence-electron chi connectivity index (χ2n) is 5.06. The van der Waals surface area contributed by atoms with E-state index in [0.29, 0.717) is 5.92 Å². The molecule has 18 heavy (non-hydrogen) atoms. The Morgan fingerprint density at radius 2 is 2.06 bits per heavy atom. The Morgan fingerprint density at radius 3 is 2.83 bits per heavy atom. The van der Waals surface area contributed by atoms with Crippen LogP contribution in [0.4, 0.5) is 0 Å². The van der Waals surface area contributed by atoms with Crippen molar-refractivity contribution >= 4 is 10.8 Å². The van der Waals surface area contributed by atoms with Crippen LogP contribution in [-0.2, 0) is 0 Å². The minimum Gasteiger partial charge on any atom is -0.496 e. The minimum atomic E-state index is 0.651. The minimum absolute atomic E-state index is 0.651. The number of rotatable bonds is 4. The monoisotopic (exact) mass is 241 g/mol. The number of hydrogen-bond donors (Lipinski definition) is 1. The highest BCUT2D eigenvalue weighted by Gasteiger charge is 2.40. The zero-order chi connectivity index (χ0) is 12.5. The lowest BCUT2D eigenvalue weighted by Gasteiger charge is -2.12. The second-order valence-corrected chi connectivity index (χ2v) is 5.06. The lowest BCUT2D eigenvalue weighted by molar-refractivity contribution is 0.410. The van der Waals surface area contributed by atoms with Gasteiger partial charge in [0.15, 0.2) is 0 Å². The molecule has 1 aliphatic carbocycles. The van der Waals surface area contributed by atoms with Gasteiger partial charge in [-0.2, -0.15) is 0 Å². The molecule has 3 rings (SSSR count). The van der Waals surface area contributed by atoms with E-state index in [9.17, 15) is 0 Å². The van der Waals surface area contributed by atoms with Gasteiger partial charge in [0.05, 0.1) is 7.11 Å². The van der Waals surface area contributed by atoms with Crippen LogP contribution >= 0.6 is 0 Å². The predicted octanol–water partition coefficient (Wildman–Crippen LogP) is 3.17. The van der Waals surface area contributed by atoms with E-state index in [1.54, 1.807) is 7.11 Å². The van der Waals surface area contributed by atoms with E-state index >= 15 is 0 Å². The van der Waals surface area contributed by atoms with Gasteiger partial charge in [-0.3, -0.25) is 0 Å². The van der Waals surface area contributed by atoms with E-state index in [0.717, 1.165) is 18.2 Å². The molecule has 2 atom stereocenters. The van der Waals surface area contributed by atoms with Crippen molar-refractivity contribution in [3.05, 3.63) is 42.0 Å². The van der Waals surface area contributed by atoms with Crippen LogP contribution < -0.4 is 10.1 Å². The van der Waals surface area contributed by atoms with Crippen LogP contribution in [0.15, 0.2) is 36.4 Å². The molecule has 0 amide bonds. The molecule has 1 fully saturated rings. The third-order valence-corrected chi connectivity index (χ3v) is 3.91. The molecular formula is C16H19NO. The normalized spacial score (nSPS) is 22.1. The zero-order valence-corrected chi connectivity index (χ0v) is 10.9. The number of nitrogens with one attached hydrogen (secondary N) is 1. The average molecular weight is 241 g/mol. The zero-order valence-electron chi connectivity index (χ0n) is 10.9. The van der Waals surface area contributed by atoms with Gasteiger partial charge in [0.1, 0.15) is 5.75 Å². The SMILES string of the molecule is CNC[C@@H]1C[C@H]1c1c(OC)ccc2ccccc12. The molecule has 0 aliphatic heterocycles. The fourth-order valence-electron chi connectivity index (χ4n) is 2.92. The van der Waals surface area contributed by atoms with E-state index in [-0.39, 0.29) is 0 Å². The third-order valence-electron chi connectivity index (χ3n) is 3.91. The van der Waals surface area contributed by atoms with Crippen molar-refractivity contribution in [2.45, 2.75) is 12.3 Å². The van der Waals surface area contributed by atoms with Crippen molar-refractivity contribution in [1.29, 1.82) is 0 Å². The first kappa shape index (κ1) is 11.5. The maximum atomic E-state index is 5.56. The first-order chi connectivity index (χ1) is 8.85. The lowest BCUT2D eigenvalue weighted by Crippen LogP contribution is -2.10. The highest BCUT2D eigenvalue weighted by molar-refractivity contribution is 5.88. The maximum absolute atomic E-state index is 5.56. The maximum Gasteiger partial charge on any atom is 0.122 e. The number of benzene rings is 2. The smallest absolute Gasteiger partial charge is 0.122 e. The van der Waals surface area contributed by atoms with Crippen LogP contribution in [0.5, 0.6) is 5.75 Å². The molecule has 0 unspecified atom stereocenters. The van der Waals surface area contributed by atoms with Crippen LogP contribution in [0.2, 0.25) is 0 Å². The summed E-state index contributed by atoms with van der Waals surface area (Å²) in [4.78, 5) is 0. The molecule has 2 aromatic carbocycles. The summed E-state index contributed by atoms with van der Waals surface area (Å²) in [7, 11) is 3.79. The fourth-order valence-corrected chi connectivity index (χ4v) is 2.92. The summed E-state index contributed by atoms with van der Waals surface area (Å²) in [6.45, 7) is 1.09. The quantitative estimate of drug-likeness (QED) is 0.887. The molecule has 1 aliphatic rings. The van der Waals surface area contributed by atoms with Crippen LogP contribution in [0.3, 0.4) is 0 Å². The fraction of sp³-hybridized carbons (Fsp3) is 0.375. The average Bonchev–Trinajstić information content (AvgIpc) is 3.16. The van der Waals surface area contributed by atoms with Gasteiger partial charge in [-0.15, -0.1) is 0 Å². The molecule has 0 heterocycles.